The molecule has 0 heterocycles. The molecular weight excluding hydrogens is 1710 g/mol. The molecule has 18 unspecified atom stereocenters. The normalized spacial score (nSPS) is 16.4. The summed E-state index contributed by atoms with van der Waals surface area (Å²) in [6.45, 7) is 66.9. The molecule has 7 amide bonds. The number of benzene rings is 3. The van der Waals surface area contributed by atoms with Crippen LogP contribution >= 0.6 is 0 Å². The predicted octanol–water partition coefficient (Wildman–Crippen LogP) is 12.0. The van der Waals surface area contributed by atoms with E-state index in [2.05, 4.69) is 102 Å². The molecule has 30 nitrogen and oxygen atoms in total. The van der Waals surface area contributed by atoms with Crippen LogP contribution in [0.4, 0.5) is 0 Å². The van der Waals surface area contributed by atoms with Crippen molar-refractivity contribution in [3.8, 4) is 0 Å². The summed E-state index contributed by atoms with van der Waals surface area (Å²) in [5.74, 6) is -3.58. The van der Waals surface area contributed by atoms with Gasteiger partial charge in [-0.3, -0.25) is 33.6 Å². The summed E-state index contributed by atoms with van der Waals surface area (Å²) >= 11 is 0. The monoisotopic (exact) mass is 1910 g/mol. The Kier molecular flexibility index (Phi) is 65.8. The second-order valence-corrected chi connectivity index (χ2v) is 43.1. The first-order valence-corrected chi connectivity index (χ1v) is 49.9. The van der Waals surface area contributed by atoms with Gasteiger partial charge < -0.3 is 115 Å². The van der Waals surface area contributed by atoms with Crippen LogP contribution in [0.15, 0.2) is 91.0 Å². The van der Waals surface area contributed by atoms with Gasteiger partial charge in [0.25, 0.3) is 29.5 Å². The number of nitrogens with one attached hydrogen (secondary N) is 14. The van der Waals surface area contributed by atoms with Gasteiger partial charge in [0.2, 0.25) is 11.8 Å². The van der Waals surface area contributed by atoms with Crippen LogP contribution in [0, 0.1) is 0 Å². The maximum Gasteiger partial charge on any atom is 0.326 e. The number of carboxylic acids is 1. The minimum Gasteiger partial charge on any atom is -0.480 e. The number of carbonyl (C=O) groups is 8. The Morgan fingerprint density at radius 1 is 0.319 bits per heavy atom. The Balaban J connectivity index is -0.00000152. The first-order chi connectivity index (χ1) is 62.3. The van der Waals surface area contributed by atoms with E-state index in [1.165, 1.54) is 7.05 Å². The van der Waals surface area contributed by atoms with Crippen molar-refractivity contribution in [3.63, 3.8) is 0 Å². The average molecular weight is 1910 g/mol. The molecule has 0 aliphatic heterocycles. The maximum absolute atomic E-state index is 12.4. The summed E-state index contributed by atoms with van der Waals surface area (Å²) in [7, 11) is 1.53. The summed E-state index contributed by atoms with van der Waals surface area (Å²) in [6, 6.07) is 26.0. The maximum atomic E-state index is 12.4. The van der Waals surface area contributed by atoms with E-state index in [-0.39, 0.29) is 135 Å². The van der Waals surface area contributed by atoms with Gasteiger partial charge in [-0.1, -0.05) is 191 Å². The minimum absolute atomic E-state index is 0.0966. The number of hydrogen-bond acceptors (Lipinski definition) is 22. The highest BCUT2D eigenvalue weighted by Crippen LogP contribution is 2.23. The van der Waals surface area contributed by atoms with Crippen LogP contribution in [-0.4, -0.2) is 244 Å². The number of aliphatic carboxylic acids is 1. The molecule has 1 saturated carbocycles. The van der Waals surface area contributed by atoms with Gasteiger partial charge in [-0.2, -0.15) is 0 Å². The van der Waals surface area contributed by atoms with E-state index in [0.717, 1.165) is 119 Å². The minimum atomic E-state index is -1.31. The van der Waals surface area contributed by atoms with Gasteiger partial charge >= 0.3 is 5.97 Å². The highest BCUT2D eigenvalue weighted by atomic mass is 16.4. The number of likely N-dealkylation sites (N-methyl/N-ethyl adjacent to an activating group) is 2. The van der Waals surface area contributed by atoms with Crippen LogP contribution in [0.2, 0.25) is 0 Å². The number of aliphatic hydroxyl groups excluding tert-OH is 7. The van der Waals surface area contributed by atoms with Gasteiger partial charge in [0.1, 0.15) is 48.8 Å². The smallest absolute Gasteiger partial charge is 0.326 e. The van der Waals surface area contributed by atoms with Gasteiger partial charge in [-0.25, -0.2) is 4.79 Å². The highest BCUT2D eigenvalue weighted by molar-refractivity contribution is 5.87. The molecule has 3 aromatic carbocycles. The van der Waals surface area contributed by atoms with E-state index in [1.807, 2.05) is 280 Å². The zero-order valence-electron chi connectivity index (χ0n) is 89.9. The van der Waals surface area contributed by atoms with Crippen LogP contribution in [0.25, 0.3) is 0 Å². The molecule has 135 heavy (non-hydrogen) atoms. The Morgan fingerprint density at radius 2 is 0.548 bits per heavy atom. The largest absolute Gasteiger partial charge is 0.480 e. The van der Waals surface area contributed by atoms with Gasteiger partial charge in [-0.05, 0) is 254 Å². The van der Waals surface area contributed by atoms with E-state index in [1.54, 1.807) is 12.1 Å². The fourth-order valence-corrected chi connectivity index (χ4v) is 14.4. The lowest BCUT2D eigenvalue weighted by molar-refractivity contribution is -0.144. The average Bonchev–Trinajstić information content (AvgIpc) is 1.50. The second kappa shape index (κ2) is 67.3. The lowest BCUT2D eigenvalue weighted by Gasteiger charge is -2.31. The van der Waals surface area contributed by atoms with Crippen molar-refractivity contribution >= 4 is 47.3 Å². The first kappa shape index (κ1) is 132. The molecule has 0 spiro atoms. The van der Waals surface area contributed by atoms with Crippen LogP contribution in [0.3, 0.4) is 0 Å². The predicted molar refractivity (Wildman–Crippen MR) is 551 cm³/mol. The van der Waals surface area contributed by atoms with E-state index in [4.69, 9.17) is 0 Å². The Bertz CT molecular complexity index is 3580. The number of hydrogen-bond donors (Lipinski definition) is 22. The topological polar surface area (TPSA) is 467 Å². The summed E-state index contributed by atoms with van der Waals surface area (Å²) in [4.78, 5) is 95.1. The van der Waals surface area contributed by atoms with Crippen molar-refractivity contribution in [2.45, 2.75) is 498 Å². The van der Waals surface area contributed by atoms with E-state index >= 15 is 0 Å². The summed E-state index contributed by atoms with van der Waals surface area (Å²) in [6.07, 6.45) is 7.46. The van der Waals surface area contributed by atoms with Crippen LogP contribution in [0.5, 0.6) is 0 Å². The van der Waals surface area contributed by atoms with Crippen molar-refractivity contribution in [2.24, 2.45) is 0 Å². The number of aliphatic hydroxyl groups is 7. The van der Waals surface area contributed by atoms with Gasteiger partial charge in [-0.15, -0.1) is 0 Å². The Morgan fingerprint density at radius 3 is 0.770 bits per heavy atom. The molecule has 22 N–H and O–H groups in total. The SMILES string of the molecule is CCCC(NC(C)(C)C)C(O)C(=O)NC.CCCC(NC(C)(C)C)C(O)C(=O)NC(C)CC.CCCC(NC(C)(C)C)C(O)C(=O)NC(C)c1ccccc1.CCCC(NC(C)(C)C)C(O)C(=O)NC(C)c1ccccc1.CCCC(NC(C)(C)C)C(O)C(=O)NC(Cc1ccccc1)C(=O)O.CCCC(NC(C)(C)C)C(O)C(=O)NC1CC1.CCCC(NC(C)(C)C)C(O)C(=O)NCC. The van der Waals surface area contributed by atoms with Crippen molar-refractivity contribution in [3.05, 3.63) is 108 Å². The van der Waals surface area contributed by atoms with Gasteiger partial charge in [0.15, 0.2) is 0 Å². The number of amides is 7. The third-order valence-corrected chi connectivity index (χ3v) is 20.8. The van der Waals surface area contributed by atoms with Crippen molar-refractivity contribution in [1.82, 2.24) is 74.4 Å². The van der Waals surface area contributed by atoms with Gasteiger partial charge in [0, 0.05) is 113 Å². The zero-order chi connectivity index (χ0) is 105. The van der Waals surface area contributed by atoms with Crippen LogP contribution in [0.1, 0.15) is 366 Å². The van der Waals surface area contributed by atoms with Crippen molar-refractivity contribution < 1.29 is 79.2 Å². The molecule has 0 saturated heterocycles. The lowest BCUT2D eigenvalue weighted by atomic mass is 9.99. The van der Waals surface area contributed by atoms with E-state index in [9.17, 15) is 79.2 Å². The Hall–Kier alpha value is -7.14. The van der Waals surface area contributed by atoms with Crippen molar-refractivity contribution in [1.29, 1.82) is 0 Å². The molecule has 4 rings (SSSR count). The van der Waals surface area contributed by atoms with Crippen LogP contribution < -0.4 is 74.4 Å². The summed E-state index contributed by atoms with van der Waals surface area (Å²) in [5, 5.41) is 123. The molecule has 3 aromatic rings. The fourth-order valence-electron chi connectivity index (χ4n) is 14.4. The van der Waals surface area contributed by atoms with Crippen molar-refractivity contribution in [2.75, 3.05) is 13.6 Å². The third kappa shape index (κ3) is 64.7. The number of rotatable bonds is 47. The lowest BCUT2D eigenvalue weighted by Crippen LogP contribution is -2.56. The van der Waals surface area contributed by atoms with Crippen LogP contribution in [-0.2, 0) is 44.8 Å². The fraction of sp³-hybridized carbons (Fsp3) is 0.752. The Labute approximate surface area is 816 Å². The molecule has 0 aromatic heterocycles. The molecule has 782 valence electrons. The van der Waals surface area contributed by atoms with Gasteiger partial charge in [0.05, 0.1) is 12.1 Å². The molecule has 0 radical (unpaired) electrons. The molecule has 1 fully saturated rings. The molecular formula is C105H196N14O16. The second-order valence-electron chi connectivity index (χ2n) is 43.1. The van der Waals surface area contributed by atoms with E-state index < -0.39 is 66.7 Å². The van der Waals surface area contributed by atoms with E-state index in [0.29, 0.717) is 19.0 Å². The molecule has 30 heteroatoms. The number of carbonyl (C=O) groups excluding carboxylic acids is 7. The summed E-state index contributed by atoms with van der Waals surface area (Å²) in [5.41, 5.74) is 1.89. The molecule has 0 bridgehead atoms. The summed E-state index contributed by atoms with van der Waals surface area (Å²) < 4.78 is 0. The quantitative estimate of drug-likeness (QED) is 0.0250. The molecule has 1 aliphatic rings. The molecule has 18 atom stereocenters. The standard InChI is InChI=1S/C19H30N2O4.2C18H30N2O2.C14H30N2O2.C13H26N2O2.C12H26N2O2.C11H24N2O2/c1-5-9-14(21-19(2,3)4)16(22)17(23)20-15(18(24)25)12-13-10-7-6-8-11-13;2*1-6-10-15(20-18(3,4)5)16(21)17(22)19-13(2)14-11-8-7-9-12-14;1-7-9-11(16-14(4,5)6)12(17)13(18)15-10(3)8-2;1-5-6-10(15-13(2,3)4)11(16)12(17)14-9-7-8-9;1-6-8-9(14-12(3,4)5)10(15)11(16)13-7-2;1-6-7-8(13-11(2,3)4)9(14)10(15)12-5/h6-8,10-11,14-16,21-22H,5,9,12H2,1-4H3,(H,20,23)(H,24,25);2*7-9,11-13,15-16,20-21H,6,10H2,1-5H3,(H,19,22);10-12,16-17H,7-9H2,1-6H3,(H,15,18);9-11,15-16H,5-8H2,1-4H3,(H,14,17);9-10,14-15H,6-8H2,1-5H3,(H,13,16);8-9,13-14H,6-7H2,1-5H3,(H,12,15). The third-order valence-electron chi connectivity index (χ3n) is 20.8. The first-order valence-electron chi connectivity index (χ1n) is 49.9. The zero-order valence-corrected chi connectivity index (χ0v) is 89.9. The molecule has 1 aliphatic carbocycles. The number of carboxylic acid groups (broad SMARTS) is 1. The highest BCUT2D eigenvalue weighted by Gasteiger charge is 2.38.